The Morgan fingerprint density at radius 3 is 2.62 bits per heavy atom. The van der Waals surface area contributed by atoms with Crippen molar-refractivity contribution in [2.75, 3.05) is 13.7 Å². The summed E-state index contributed by atoms with van der Waals surface area (Å²) >= 11 is 17.1. The van der Waals surface area contributed by atoms with Crippen LogP contribution in [0, 0.1) is 6.92 Å². The number of thioether (sulfide) groups is 2. The Balaban J connectivity index is 1.36. The van der Waals surface area contributed by atoms with E-state index in [4.69, 9.17) is 42.9 Å². The van der Waals surface area contributed by atoms with Crippen LogP contribution in [0.25, 0.3) is 28.1 Å². The number of rotatable bonds is 1. The minimum absolute atomic E-state index is 0.381. The minimum Gasteiger partial charge on any atom is -0.493 e. The average Bonchev–Trinajstić information content (AvgIpc) is 3.66. The maximum Gasteiger partial charge on any atom is 0.354 e. The van der Waals surface area contributed by atoms with Crippen molar-refractivity contribution in [3.8, 4) is 16.9 Å². The fourth-order valence-corrected chi connectivity index (χ4v) is 9.18. The van der Waals surface area contributed by atoms with Gasteiger partial charge in [0.05, 0.1) is 35.6 Å². The van der Waals surface area contributed by atoms with Gasteiger partial charge < -0.3 is 14.0 Å². The molecule has 1 aliphatic heterocycles. The van der Waals surface area contributed by atoms with E-state index in [9.17, 15) is 4.79 Å². The van der Waals surface area contributed by atoms with Crippen molar-refractivity contribution < 1.29 is 14.3 Å². The van der Waals surface area contributed by atoms with E-state index in [1.165, 1.54) is 12.7 Å². The standard InChI is InChI=1S/C36H37Cl2N5O3S2/c1-20-32-30(40-42(20)3)19-47-17-23-15-24(43(4)39-23)18-48-25-13-21-8-9-22(37)14-28(21)31(16-25)46-12-6-7-26-27-10-11-29(38)33(32)34(27)41(2)35(26)36(44)45-5/h10-11,13-16H,6-9,12,17-19H2,1-5H3. The molecule has 4 heterocycles. The highest BCUT2D eigenvalue weighted by molar-refractivity contribution is 7.98. The summed E-state index contributed by atoms with van der Waals surface area (Å²) < 4.78 is 17.7. The molecule has 0 spiro atoms. The number of aryl methyl sites for hydroxylation is 5. The summed E-state index contributed by atoms with van der Waals surface area (Å²) in [5.41, 5.74) is 10.6. The summed E-state index contributed by atoms with van der Waals surface area (Å²) in [6.45, 7) is 2.53. The van der Waals surface area contributed by atoms with Gasteiger partial charge in [-0.05, 0) is 74.1 Å². The number of hydrogen-bond acceptors (Lipinski definition) is 7. The first-order valence-corrected chi connectivity index (χ1v) is 18.8. The predicted octanol–water partition coefficient (Wildman–Crippen LogP) is 8.64. The molecule has 2 aliphatic rings. The first-order chi connectivity index (χ1) is 23.1. The summed E-state index contributed by atoms with van der Waals surface area (Å²) in [6.07, 6.45) is 5.05. The van der Waals surface area contributed by atoms with E-state index in [1.807, 2.05) is 53.3 Å². The molecular formula is C36H37Cl2N5O3S2. The molecule has 0 fully saturated rings. The number of allylic oxidation sites excluding steroid dienone is 1. The molecule has 0 unspecified atom stereocenters. The van der Waals surface area contributed by atoms with Crippen molar-refractivity contribution in [2.24, 2.45) is 21.1 Å². The van der Waals surface area contributed by atoms with E-state index in [1.54, 1.807) is 23.5 Å². The van der Waals surface area contributed by atoms with Crippen LogP contribution in [0.4, 0.5) is 0 Å². The van der Waals surface area contributed by atoms with Crippen LogP contribution in [-0.2, 0) is 56.0 Å². The lowest BCUT2D eigenvalue weighted by Gasteiger charge is -2.19. The summed E-state index contributed by atoms with van der Waals surface area (Å²) in [6, 6.07) is 10.5. The van der Waals surface area contributed by atoms with Crippen molar-refractivity contribution in [3.63, 3.8) is 0 Å². The van der Waals surface area contributed by atoms with Gasteiger partial charge in [0.1, 0.15) is 11.4 Å². The van der Waals surface area contributed by atoms with Gasteiger partial charge in [0.25, 0.3) is 0 Å². The largest absolute Gasteiger partial charge is 0.493 e. The van der Waals surface area contributed by atoms with Gasteiger partial charge in [-0.25, -0.2) is 4.79 Å². The van der Waals surface area contributed by atoms with Gasteiger partial charge in [0, 0.05) is 81.8 Å². The molecule has 12 heteroatoms. The summed E-state index contributed by atoms with van der Waals surface area (Å²) in [4.78, 5) is 14.5. The molecule has 0 saturated carbocycles. The van der Waals surface area contributed by atoms with Crippen LogP contribution in [0.1, 0.15) is 62.8 Å². The highest BCUT2D eigenvalue weighted by atomic mass is 35.5. The Labute approximate surface area is 298 Å². The molecule has 0 radical (unpaired) electrons. The number of nitrogens with zero attached hydrogens (tertiary/aromatic N) is 5. The Kier molecular flexibility index (Phi) is 9.36. The van der Waals surface area contributed by atoms with E-state index >= 15 is 0 Å². The van der Waals surface area contributed by atoms with Crippen molar-refractivity contribution in [1.29, 1.82) is 0 Å². The maximum absolute atomic E-state index is 13.3. The van der Waals surface area contributed by atoms with E-state index in [2.05, 4.69) is 25.1 Å². The average molecular weight is 723 g/mol. The summed E-state index contributed by atoms with van der Waals surface area (Å²) in [5, 5.41) is 12.2. The zero-order valence-corrected chi connectivity index (χ0v) is 30.8. The van der Waals surface area contributed by atoms with Crippen molar-refractivity contribution in [3.05, 3.63) is 85.5 Å². The van der Waals surface area contributed by atoms with Crippen LogP contribution in [0.5, 0.6) is 5.75 Å². The van der Waals surface area contributed by atoms with Gasteiger partial charge in [0.15, 0.2) is 0 Å². The number of aromatic nitrogens is 5. The smallest absolute Gasteiger partial charge is 0.354 e. The zero-order valence-electron chi connectivity index (χ0n) is 27.7. The quantitative estimate of drug-likeness (QED) is 0.160. The van der Waals surface area contributed by atoms with Gasteiger partial charge in [-0.15, -0.1) is 23.5 Å². The molecule has 7 rings (SSSR count). The van der Waals surface area contributed by atoms with Crippen LogP contribution in [0.2, 0.25) is 5.02 Å². The lowest BCUT2D eigenvalue weighted by atomic mass is 9.96. The molecular weight excluding hydrogens is 685 g/mol. The number of ether oxygens (including phenoxy) is 2. The van der Waals surface area contributed by atoms with Gasteiger partial charge >= 0.3 is 5.97 Å². The van der Waals surface area contributed by atoms with Crippen molar-refractivity contribution in [1.82, 2.24) is 24.1 Å². The number of carbonyl (C=O) groups is 1. The second kappa shape index (κ2) is 13.5. The van der Waals surface area contributed by atoms with E-state index in [0.717, 1.165) is 96.0 Å². The van der Waals surface area contributed by atoms with Crippen LogP contribution in [-0.4, -0.2) is 43.8 Å². The Morgan fingerprint density at radius 2 is 1.81 bits per heavy atom. The number of esters is 1. The highest BCUT2D eigenvalue weighted by Gasteiger charge is 2.28. The molecule has 250 valence electrons. The maximum atomic E-state index is 13.3. The molecule has 8 bridgehead atoms. The Bertz CT molecular complexity index is 2110. The topological polar surface area (TPSA) is 76.1 Å². The van der Waals surface area contributed by atoms with E-state index in [-0.39, 0.29) is 5.97 Å². The molecule has 5 aromatic rings. The first kappa shape index (κ1) is 33.2. The van der Waals surface area contributed by atoms with Crippen LogP contribution >= 0.6 is 46.7 Å². The van der Waals surface area contributed by atoms with Crippen LogP contribution < -0.4 is 4.74 Å². The lowest BCUT2D eigenvalue weighted by Crippen LogP contribution is -2.11. The fourth-order valence-electron chi connectivity index (χ4n) is 6.88. The number of halogens is 2. The summed E-state index contributed by atoms with van der Waals surface area (Å²) in [7, 11) is 7.31. The van der Waals surface area contributed by atoms with E-state index in [0.29, 0.717) is 35.9 Å². The molecule has 2 aromatic carbocycles. The number of hydrogen-bond donors (Lipinski definition) is 0. The molecule has 1 aliphatic carbocycles. The number of fused-ring (bicyclic) bond motifs is 8. The zero-order chi connectivity index (χ0) is 33.7. The van der Waals surface area contributed by atoms with Gasteiger partial charge in [-0.2, -0.15) is 10.2 Å². The predicted molar refractivity (Wildman–Crippen MR) is 196 cm³/mol. The summed E-state index contributed by atoms with van der Waals surface area (Å²) in [5.74, 6) is 2.67. The van der Waals surface area contributed by atoms with Gasteiger partial charge in [-0.1, -0.05) is 29.3 Å². The number of methoxy groups -OCH3 is 1. The highest BCUT2D eigenvalue weighted by Crippen LogP contribution is 2.43. The molecule has 0 saturated heterocycles. The number of carbonyl (C=O) groups excluding carboxylic acids is 1. The molecule has 0 N–H and O–H groups in total. The third kappa shape index (κ3) is 6.06. The molecule has 8 nitrogen and oxygen atoms in total. The second-order valence-corrected chi connectivity index (χ2v) is 15.2. The third-order valence-electron chi connectivity index (χ3n) is 9.31. The Hall–Kier alpha value is -3.31. The van der Waals surface area contributed by atoms with Gasteiger partial charge in [-0.3, -0.25) is 9.36 Å². The van der Waals surface area contributed by atoms with Gasteiger partial charge in [0.2, 0.25) is 0 Å². The lowest BCUT2D eigenvalue weighted by molar-refractivity contribution is 0.0589. The van der Waals surface area contributed by atoms with Crippen molar-refractivity contribution >= 4 is 69.7 Å². The normalized spacial score (nSPS) is 15.4. The minimum atomic E-state index is -0.381. The number of benzene rings is 2. The molecule has 0 amide bonds. The van der Waals surface area contributed by atoms with E-state index < -0.39 is 0 Å². The SMILES string of the molecule is COC(=O)c1c2c3ccc(Cl)c(c3n1C)-c1c(nn(C)c1C)CSCc1cc(n(C)n1)CSc1cc3c(c(c1)OCCC2)C=C(Cl)CC3. The molecule has 0 atom stereocenters. The fraction of sp³-hybridized carbons (Fsp3) is 0.361. The second-order valence-electron chi connectivity index (χ2n) is 12.3. The van der Waals surface area contributed by atoms with Crippen molar-refractivity contribution in [2.45, 2.75) is 54.8 Å². The molecule has 3 aromatic heterocycles. The van der Waals surface area contributed by atoms with Crippen LogP contribution in [0.15, 0.2) is 40.3 Å². The monoisotopic (exact) mass is 721 g/mol. The first-order valence-electron chi connectivity index (χ1n) is 15.9. The van der Waals surface area contributed by atoms with Crippen LogP contribution in [0.3, 0.4) is 0 Å². The Morgan fingerprint density at radius 1 is 0.979 bits per heavy atom. The third-order valence-corrected chi connectivity index (χ3v) is 11.9. The molecule has 48 heavy (non-hydrogen) atoms.